The van der Waals surface area contributed by atoms with Gasteiger partial charge in [0.25, 0.3) is 5.91 Å². The van der Waals surface area contributed by atoms with Gasteiger partial charge in [-0.05, 0) is 31.2 Å². The molecule has 0 spiro atoms. The van der Waals surface area contributed by atoms with E-state index in [9.17, 15) is 9.59 Å². The molecule has 0 aliphatic carbocycles. The van der Waals surface area contributed by atoms with Crippen LogP contribution in [-0.2, 0) is 9.53 Å². The topological polar surface area (TPSA) is 97.0 Å². The molecule has 156 valence electrons. The van der Waals surface area contributed by atoms with E-state index in [1.807, 2.05) is 17.5 Å². The van der Waals surface area contributed by atoms with E-state index in [1.54, 1.807) is 48.8 Å². The quantitative estimate of drug-likeness (QED) is 0.399. The number of hydrogen-bond donors (Lipinski definition) is 2. The van der Waals surface area contributed by atoms with E-state index < -0.39 is 18.0 Å². The van der Waals surface area contributed by atoms with Gasteiger partial charge < -0.3 is 9.72 Å². The molecule has 4 aromatic rings. The van der Waals surface area contributed by atoms with Gasteiger partial charge in [0, 0.05) is 33.9 Å². The van der Waals surface area contributed by atoms with Crippen molar-refractivity contribution in [1.29, 1.82) is 0 Å². The molecule has 1 unspecified atom stereocenters. The number of imidazole rings is 1. The minimum absolute atomic E-state index is 0.342. The highest BCUT2D eigenvalue weighted by Crippen LogP contribution is 2.26. The van der Waals surface area contributed by atoms with Gasteiger partial charge in [0.1, 0.15) is 5.82 Å². The largest absolute Gasteiger partial charge is 0.449 e. The van der Waals surface area contributed by atoms with E-state index >= 15 is 0 Å². The van der Waals surface area contributed by atoms with Gasteiger partial charge in [0.2, 0.25) is 0 Å². The standard InChI is InChI=1S/C22H17ClN4O3S/c1-13(30-21(29)16-4-2-15(3-5-16)19-24-10-11-25-19)20(28)27-22-26-18(12-31-22)14-6-8-17(23)9-7-14/h2-13H,1H3,(H,24,25)(H,26,27,28). The molecule has 0 aliphatic heterocycles. The summed E-state index contributed by atoms with van der Waals surface area (Å²) in [5.41, 5.74) is 2.79. The lowest BCUT2D eigenvalue weighted by Gasteiger charge is -2.12. The van der Waals surface area contributed by atoms with E-state index in [4.69, 9.17) is 16.3 Å². The number of nitrogens with one attached hydrogen (secondary N) is 2. The first-order valence-corrected chi connectivity index (χ1v) is 10.6. The molecule has 1 atom stereocenters. The number of rotatable bonds is 6. The third-order valence-electron chi connectivity index (χ3n) is 4.42. The zero-order valence-corrected chi connectivity index (χ0v) is 17.9. The minimum Gasteiger partial charge on any atom is -0.449 e. The van der Waals surface area contributed by atoms with Gasteiger partial charge in [-0.15, -0.1) is 11.3 Å². The fraction of sp³-hybridized carbons (Fsp3) is 0.0909. The predicted octanol–water partition coefficient (Wildman–Crippen LogP) is 5.04. The summed E-state index contributed by atoms with van der Waals surface area (Å²) < 4.78 is 5.29. The summed E-state index contributed by atoms with van der Waals surface area (Å²) >= 11 is 7.19. The lowest BCUT2D eigenvalue weighted by molar-refractivity contribution is -0.123. The molecule has 0 saturated heterocycles. The summed E-state index contributed by atoms with van der Waals surface area (Å²) in [5, 5.41) is 5.56. The smallest absolute Gasteiger partial charge is 0.338 e. The van der Waals surface area contributed by atoms with Crippen LogP contribution in [0.2, 0.25) is 5.02 Å². The normalized spacial score (nSPS) is 11.7. The van der Waals surface area contributed by atoms with Crippen LogP contribution >= 0.6 is 22.9 Å². The van der Waals surface area contributed by atoms with Crippen LogP contribution in [0.1, 0.15) is 17.3 Å². The number of benzene rings is 2. The van der Waals surface area contributed by atoms with Crippen molar-refractivity contribution in [3.05, 3.63) is 76.9 Å². The number of H-pyrrole nitrogens is 1. The Balaban J connectivity index is 1.35. The predicted molar refractivity (Wildman–Crippen MR) is 120 cm³/mol. The van der Waals surface area contributed by atoms with Crippen molar-refractivity contribution in [2.75, 3.05) is 5.32 Å². The van der Waals surface area contributed by atoms with Gasteiger partial charge in [-0.2, -0.15) is 0 Å². The molecule has 2 aromatic carbocycles. The number of aromatic amines is 1. The number of halogens is 1. The van der Waals surface area contributed by atoms with Crippen molar-refractivity contribution in [2.45, 2.75) is 13.0 Å². The number of ether oxygens (including phenoxy) is 1. The van der Waals surface area contributed by atoms with Crippen LogP contribution in [0.15, 0.2) is 66.3 Å². The summed E-state index contributed by atoms with van der Waals surface area (Å²) in [7, 11) is 0. The van der Waals surface area contributed by atoms with Crippen molar-refractivity contribution in [3.8, 4) is 22.6 Å². The highest BCUT2D eigenvalue weighted by atomic mass is 35.5. The van der Waals surface area contributed by atoms with E-state index in [0.717, 1.165) is 16.8 Å². The Hall–Kier alpha value is -3.49. The first-order valence-electron chi connectivity index (χ1n) is 9.33. The molecule has 4 rings (SSSR count). The summed E-state index contributed by atoms with van der Waals surface area (Å²) in [6, 6.07) is 14.0. The lowest BCUT2D eigenvalue weighted by atomic mass is 10.1. The van der Waals surface area contributed by atoms with Gasteiger partial charge in [-0.1, -0.05) is 35.9 Å². The van der Waals surface area contributed by atoms with Crippen molar-refractivity contribution in [1.82, 2.24) is 15.0 Å². The third-order valence-corrected chi connectivity index (χ3v) is 5.43. The zero-order chi connectivity index (χ0) is 21.8. The van der Waals surface area contributed by atoms with Gasteiger partial charge in [0.15, 0.2) is 11.2 Å². The van der Waals surface area contributed by atoms with Crippen LogP contribution in [0.4, 0.5) is 5.13 Å². The number of amides is 1. The fourth-order valence-electron chi connectivity index (χ4n) is 2.76. The summed E-state index contributed by atoms with van der Waals surface area (Å²) in [6.45, 7) is 1.51. The Bertz CT molecular complexity index is 1190. The maximum atomic E-state index is 12.4. The van der Waals surface area contributed by atoms with Crippen molar-refractivity contribution in [2.24, 2.45) is 0 Å². The molecule has 1 amide bonds. The average molecular weight is 453 g/mol. The first-order chi connectivity index (χ1) is 15.0. The molecule has 2 heterocycles. The Morgan fingerprint density at radius 3 is 2.48 bits per heavy atom. The SMILES string of the molecule is CC(OC(=O)c1ccc(-c2ncc[nH]2)cc1)C(=O)Nc1nc(-c2ccc(Cl)cc2)cs1. The molecule has 7 nitrogen and oxygen atoms in total. The Morgan fingerprint density at radius 2 is 1.81 bits per heavy atom. The average Bonchev–Trinajstić information content (AvgIpc) is 3.47. The molecule has 9 heteroatoms. The Kier molecular flexibility index (Phi) is 6.11. The number of carbonyl (C=O) groups excluding carboxylic acids is 2. The number of hydrogen-bond acceptors (Lipinski definition) is 6. The molecule has 0 bridgehead atoms. The monoisotopic (exact) mass is 452 g/mol. The molecular weight excluding hydrogens is 436 g/mol. The number of thiazole rings is 1. The molecule has 0 aliphatic rings. The highest BCUT2D eigenvalue weighted by molar-refractivity contribution is 7.14. The third kappa shape index (κ3) is 4.99. The van der Waals surface area contributed by atoms with Crippen LogP contribution in [0.25, 0.3) is 22.6 Å². The van der Waals surface area contributed by atoms with Crippen LogP contribution in [0, 0.1) is 0 Å². The number of nitrogens with zero attached hydrogens (tertiary/aromatic N) is 2. The first kappa shape index (κ1) is 20.8. The van der Waals surface area contributed by atoms with Crippen LogP contribution in [0.3, 0.4) is 0 Å². The highest BCUT2D eigenvalue weighted by Gasteiger charge is 2.20. The molecule has 2 N–H and O–H groups in total. The fourth-order valence-corrected chi connectivity index (χ4v) is 3.61. The zero-order valence-electron chi connectivity index (χ0n) is 16.3. The van der Waals surface area contributed by atoms with E-state index in [1.165, 1.54) is 18.3 Å². The van der Waals surface area contributed by atoms with Crippen molar-refractivity contribution >= 4 is 39.9 Å². The lowest BCUT2D eigenvalue weighted by Crippen LogP contribution is -2.29. The van der Waals surface area contributed by atoms with Gasteiger partial charge in [-0.3, -0.25) is 10.1 Å². The Labute approximate surface area is 187 Å². The number of carbonyl (C=O) groups is 2. The second-order valence-electron chi connectivity index (χ2n) is 6.60. The molecular formula is C22H17ClN4O3S. The van der Waals surface area contributed by atoms with E-state index in [0.29, 0.717) is 21.5 Å². The molecule has 0 radical (unpaired) electrons. The summed E-state index contributed by atoms with van der Waals surface area (Å²) in [4.78, 5) is 36.4. The number of anilines is 1. The van der Waals surface area contributed by atoms with Crippen LogP contribution in [0.5, 0.6) is 0 Å². The Morgan fingerprint density at radius 1 is 1.10 bits per heavy atom. The molecule has 31 heavy (non-hydrogen) atoms. The van der Waals surface area contributed by atoms with Gasteiger partial charge >= 0.3 is 5.97 Å². The van der Waals surface area contributed by atoms with Gasteiger partial charge in [-0.25, -0.2) is 14.8 Å². The van der Waals surface area contributed by atoms with E-state index in [-0.39, 0.29) is 0 Å². The second-order valence-corrected chi connectivity index (χ2v) is 7.89. The van der Waals surface area contributed by atoms with Crippen LogP contribution in [-0.4, -0.2) is 32.9 Å². The summed E-state index contributed by atoms with van der Waals surface area (Å²) in [6.07, 6.45) is 2.39. The van der Waals surface area contributed by atoms with Gasteiger partial charge in [0.05, 0.1) is 11.3 Å². The summed E-state index contributed by atoms with van der Waals surface area (Å²) in [5.74, 6) is -0.346. The van der Waals surface area contributed by atoms with Crippen molar-refractivity contribution < 1.29 is 14.3 Å². The molecule has 0 saturated carbocycles. The number of esters is 1. The van der Waals surface area contributed by atoms with Crippen LogP contribution < -0.4 is 5.32 Å². The van der Waals surface area contributed by atoms with Crippen molar-refractivity contribution in [3.63, 3.8) is 0 Å². The maximum absolute atomic E-state index is 12.4. The second kappa shape index (κ2) is 9.11. The number of aromatic nitrogens is 3. The maximum Gasteiger partial charge on any atom is 0.338 e. The molecule has 0 fully saturated rings. The minimum atomic E-state index is -0.986. The van der Waals surface area contributed by atoms with E-state index in [2.05, 4.69) is 20.3 Å². The molecule has 2 aromatic heterocycles.